The van der Waals surface area contributed by atoms with E-state index >= 15 is 0 Å². The van der Waals surface area contributed by atoms with Gasteiger partial charge in [-0.05, 0) is 43.0 Å². The van der Waals surface area contributed by atoms with E-state index in [2.05, 4.69) is 38.5 Å². The minimum absolute atomic E-state index is 0.0303. The molecule has 0 radical (unpaired) electrons. The van der Waals surface area contributed by atoms with Gasteiger partial charge in [-0.2, -0.15) is 0 Å². The maximum Gasteiger partial charge on any atom is 0.119 e. The summed E-state index contributed by atoms with van der Waals surface area (Å²) in [4.78, 5) is 0. The molecule has 0 amide bonds. The summed E-state index contributed by atoms with van der Waals surface area (Å²) in [6, 6.07) is 7.88. The van der Waals surface area contributed by atoms with Crippen LogP contribution >= 0.6 is 38.5 Å². The summed E-state index contributed by atoms with van der Waals surface area (Å²) >= 11 is 5.84. The fraction of sp³-hybridized carbons (Fsp3) is 0.600. The molecule has 0 bridgehead atoms. The maximum absolute atomic E-state index is 6.33. The third-order valence-corrected chi connectivity index (χ3v) is 5.67. The second-order valence-corrected chi connectivity index (χ2v) is 7.17. The zero-order valence-corrected chi connectivity index (χ0v) is 14.9. The molecule has 0 spiro atoms. The van der Waals surface area contributed by atoms with E-state index in [4.69, 9.17) is 14.2 Å². The van der Waals surface area contributed by atoms with Crippen LogP contribution in [0.2, 0.25) is 0 Å². The summed E-state index contributed by atoms with van der Waals surface area (Å²) in [6.07, 6.45) is 2.57. The molecule has 1 aromatic carbocycles. The minimum atomic E-state index is -0.0768. The molecule has 1 saturated carbocycles. The molecule has 1 saturated heterocycles. The van der Waals surface area contributed by atoms with Crippen LogP contribution in [0.25, 0.3) is 0 Å². The summed E-state index contributed by atoms with van der Waals surface area (Å²) < 4.78 is 20.0. The highest BCUT2D eigenvalue weighted by Crippen LogP contribution is 2.45. The minimum Gasteiger partial charge on any atom is -0.491 e. The average Bonchev–Trinajstić information content (AvgIpc) is 3.32. The van der Waals surface area contributed by atoms with E-state index in [9.17, 15) is 0 Å². The topological polar surface area (TPSA) is 27.7 Å². The van der Waals surface area contributed by atoms with Crippen molar-refractivity contribution in [2.45, 2.75) is 24.5 Å². The van der Waals surface area contributed by atoms with E-state index in [0.29, 0.717) is 19.1 Å². The number of halogens is 2. The Kier molecular flexibility index (Phi) is 4.90. The normalized spacial score (nSPS) is 30.2. The van der Waals surface area contributed by atoms with Crippen molar-refractivity contribution in [3.63, 3.8) is 0 Å². The second kappa shape index (κ2) is 6.50. The van der Waals surface area contributed by atoms with Crippen molar-refractivity contribution in [1.82, 2.24) is 0 Å². The van der Waals surface area contributed by atoms with Gasteiger partial charge in [-0.3, -0.25) is 0 Å². The Balaban J connectivity index is 1.56. The zero-order valence-electron chi connectivity index (χ0n) is 11.2. The van der Waals surface area contributed by atoms with Gasteiger partial charge in [0.2, 0.25) is 0 Å². The van der Waals surface area contributed by atoms with Gasteiger partial charge in [0.25, 0.3) is 0 Å². The van der Waals surface area contributed by atoms with Gasteiger partial charge in [0, 0.05) is 8.90 Å². The molecule has 0 aromatic heterocycles. The molecule has 0 unspecified atom stereocenters. The van der Waals surface area contributed by atoms with Crippen LogP contribution in [-0.2, 0) is 9.47 Å². The molecule has 1 heterocycles. The van der Waals surface area contributed by atoms with Crippen molar-refractivity contribution in [2.75, 3.05) is 24.2 Å². The van der Waals surface area contributed by atoms with Gasteiger partial charge in [-0.15, -0.1) is 0 Å². The Bertz CT molecular complexity index is 449. The van der Waals surface area contributed by atoms with Crippen LogP contribution in [0.5, 0.6) is 5.75 Å². The number of alkyl halides is 1. The third-order valence-electron chi connectivity index (χ3n) is 3.85. The van der Waals surface area contributed by atoms with Gasteiger partial charge >= 0.3 is 0 Å². The van der Waals surface area contributed by atoms with Gasteiger partial charge in [0.15, 0.2) is 0 Å². The van der Waals surface area contributed by atoms with E-state index in [1.54, 1.807) is 0 Å². The predicted molar refractivity (Wildman–Crippen MR) is 89.7 cm³/mol. The highest BCUT2D eigenvalue weighted by atomic mass is 127. The molecule has 20 heavy (non-hydrogen) atoms. The van der Waals surface area contributed by atoms with Gasteiger partial charge in [0.1, 0.15) is 24.1 Å². The molecule has 2 fully saturated rings. The zero-order chi connectivity index (χ0) is 14.0. The highest BCUT2D eigenvalue weighted by Gasteiger charge is 2.49. The number of hydrogen-bond acceptors (Lipinski definition) is 3. The van der Waals surface area contributed by atoms with Gasteiger partial charge in [0.05, 0.1) is 13.2 Å². The molecule has 2 atom stereocenters. The van der Waals surface area contributed by atoms with E-state index < -0.39 is 0 Å². The number of ether oxygens (including phenoxy) is 3. The highest BCUT2D eigenvalue weighted by molar-refractivity contribution is 14.1. The Labute approximate surface area is 141 Å². The van der Waals surface area contributed by atoms with Crippen LogP contribution in [0.1, 0.15) is 12.8 Å². The lowest BCUT2D eigenvalue weighted by Crippen LogP contribution is -2.52. The summed E-state index contributed by atoms with van der Waals surface area (Å²) in [6.45, 7) is 1.91. The monoisotopic (exact) mass is 452 g/mol. The summed E-state index contributed by atoms with van der Waals surface area (Å²) in [5, 5.41) is 0. The Morgan fingerprint density at radius 2 is 2.05 bits per heavy atom. The van der Waals surface area contributed by atoms with Crippen LogP contribution in [0.4, 0.5) is 0 Å². The van der Waals surface area contributed by atoms with Crippen molar-refractivity contribution < 1.29 is 14.2 Å². The molecule has 1 aliphatic heterocycles. The first kappa shape index (κ1) is 15.1. The molecule has 110 valence electrons. The van der Waals surface area contributed by atoms with Crippen molar-refractivity contribution in [1.29, 1.82) is 0 Å². The van der Waals surface area contributed by atoms with Gasteiger partial charge < -0.3 is 14.2 Å². The third kappa shape index (κ3) is 3.48. The largest absolute Gasteiger partial charge is 0.491 e. The van der Waals surface area contributed by atoms with Crippen molar-refractivity contribution in [2.24, 2.45) is 5.92 Å². The lowest BCUT2D eigenvalue weighted by Gasteiger charge is -2.40. The lowest BCUT2D eigenvalue weighted by molar-refractivity contribution is -0.202. The smallest absolute Gasteiger partial charge is 0.119 e. The molecule has 3 nitrogen and oxygen atoms in total. The first-order valence-electron chi connectivity index (χ1n) is 6.92. The standard InChI is InChI=1S/C15H18BrIO3/c16-12-3-5-13(6-4-12)19-8-14-7-18-10-15(9-17,20-14)11-1-2-11/h3-6,11,14H,1-2,7-10H2/t14-,15-/m0/s1. The maximum atomic E-state index is 6.33. The molecular weight excluding hydrogens is 435 g/mol. The lowest BCUT2D eigenvalue weighted by atomic mass is 10.00. The fourth-order valence-corrected chi connectivity index (χ4v) is 3.86. The summed E-state index contributed by atoms with van der Waals surface area (Å²) in [5.41, 5.74) is -0.0768. The van der Waals surface area contributed by atoms with Crippen molar-refractivity contribution in [3.8, 4) is 5.75 Å². The fourth-order valence-electron chi connectivity index (χ4n) is 2.57. The van der Waals surface area contributed by atoms with Crippen LogP contribution in [0.3, 0.4) is 0 Å². The molecule has 1 aliphatic carbocycles. The SMILES string of the molecule is Brc1ccc(OC[C@@H]2COC[C@@](CI)(C3CC3)O2)cc1. The van der Waals surface area contributed by atoms with Crippen molar-refractivity contribution in [3.05, 3.63) is 28.7 Å². The molecule has 0 N–H and O–H groups in total. The quantitative estimate of drug-likeness (QED) is 0.502. The molecule has 2 aliphatic rings. The van der Waals surface area contributed by atoms with E-state index in [-0.39, 0.29) is 11.7 Å². The number of benzene rings is 1. The van der Waals surface area contributed by atoms with Crippen LogP contribution in [-0.4, -0.2) is 36.0 Å². The molecule has 1 aromatic rings. The first-order chi connectivity index (χ1) is 9.72. The Morgan fingerprint density at radius 3 is 2.70 bits per heavy atom. The van der Waals surface area contributed by atoms with E-state index in [1.807, 2.05) is 24.3 Å². The van der Waals surface area contributed by atoms with Crippen LogP contribution < -0.4 is 4.74 Å². The van der Waals surface area contributed by atoms with Gasteiger partial charge in [-0.1, -0.05) is 38.5 Å². The predicted octanol–water partition coefficient (Wildman–Crippen LogP) is 3.83. The number of hydrogen-bond donors (Lipinski definition) is 0. The summed E-state index contributed by atoms with van der Waals surface area (Å²) in [5.74, 6) is 1.55. The summed E-state index contributed by atoms with van der Waals surface area (Å²) in [7, 11) is 0. The van der Waals surface area contributed by atoms with E-state index in [0.717, 1.165) is 21.3 Å². The van der Waals surface area contributed by atoms with Crippen LogP contribution in [0.15, 0.2) is 28.7 Å². The Hall–Kier alpha value is 0.150. The molecule has 5 heteroatoms. The second-order valence-electron chi connectivity index (χ2n) is 5.49. The van der Waals surface area contributed by atoms with Gasteiger partial charge in [-0.25, -0.2) is 0 Å². The number of rotatable bonds is 5. The average molecular weight is 453 g/mol. The molecule has 3 rings (SSSR count). The van der Waals surface area contributed by atoms with Crippen molar-refractivity contribution >= 4 is 38.5 Å². The Morgan fingerprint density at radius 1 is 1.30 bits per heavy atom. The molecular formula is C15H18BrIO3. The van der Waals surface area contributed by atoms with Crippen LogP contribution in [0, 0.1) is 5.92 Å². The van der Waals surface area contributed by atoms with E-state index in [1.165, 1.54) is 12.8 Å². The first-order valence-corrected chi connectivity index (χ1v) is 9.23.